The number of rotatable bonds is 3. The summed E-state index contributed by atoms with van der Waals surface area (Å²) in [6, 6.07) is 0.572. The summed E-state index contributed by atoms with van der Waals surface area (Å²) in [5.41, 5.74) is 1.76. The van der Waals surface area contributed by atoms with Crippen molar-refractivity contribution in [1.82, 2.24) is 10.2 Å². The topological polar surface area (TPSA) is 37.8 Å². The minimum atomic E-state index is 0.572. The highest BCUT2D eigenvalue weighted by Crippen LogP contribution is 2.27. The van der Waals surface area contributed by atoms with Crippen molar-refractivity contribution in [2.75, 3.05) is 11.2 Å². The lowest BCUT2D eigenvalue weighted by Crippen LogP contribution is -2.26. The van der Waals surface area contributed by atoms with Gasteiger partial charge in [-0.1, -0.05) is 11.3 Å². The molecular weight excluding hydrogens is 218 g/mol. The number of nitrogens with one attached hydrogen (secondary N) is 1. The van der Waals surface area contributed by atoms with Crippen LogP contribution >= 0.6 is 22.9 Å². The van der Waals surface area contributed by atoms with Gasteiger partial charge in [-0.05, 0) is 31.6 Å². The number of aromatic nitrogens is 2. The minimum absolute atomic E-state index is 0.572. The zero-order chi connectivity index (χ0) is 9.80. The maximum Gasteiger partial charge on any atom is 0.205 e. The van der Waals surface area contributed by atoms with Crippen molar-refractivity contribution < 1.29 is 0 Å². The number of hydrogen-bond acceptors (Lipinski definition) is 4. The van der Waals surface area contributed by atoms with Crippen molar-refractivity contribution in [2.45, 2.75) is 31.7 Å². The fourth-order valence-corrected chi connectivity index (χ4v) is 2.70. The van der Waals surface area contributed by atoms with Gasteiger partial charge in [0.25, 0.3) is 0 Å². The quantitative estimate of drug-likeness (QED) is 0.813. The van der Waals surface area contributed by atoms with Crippen molar-refractivity contribution in [2.24, 2.45) is 5.92 Å². The molecule has 2 rings (SSSR count). The van der Waals surface area contributed by atoms with E-state index in [-0.39, 0.29) is 0 Å². The average molecular weight is 232 g/mol. The van der Waals surface area contributed by atoms with Crippen LogP contribution in [-0.4, -0.2) is 22.1 Å². The van der Waals surface area contributed by atoms with Crippen molar-refractivity contribution in [3.63, 3.8) is 0 Å². The van der Waals surface area contributed by atoms with Crippen molar-refractivity contribution >= 4 is 28.1 Å². The maximum absolute atomic E-state index is 5.83. The Balaban J connectivity index is 1.79. The summed E-state index contributed by atoms with van der Waals surface area (Å²) in [6.45, 7) is 0. The van der Waals surface area contributed by atoms with Crippen LogP contribution in [-0.2, 0) is 0 Å². The molecule has 1 aromatic rings. The van der Waals surface area contributed by atoms with E-state index >= 15 is 0 Å². The maximum atomic E-state index is 5.83. The lowest BCUT2D eigenvalue weighted by Gasteiger charge is -2.27. The molecule has 78 valence electrons. The van der Waals surface area contributed by atoms with Crippen LogP contribution in [0.4, 0.5) is 5.13 Å². The summed E-state index contributed by atoms with van der Waals surface area (Å²) in [5, 5.41) is 12.1. The van der Waals surface area contributed by atoms with Gasteiger partial charge in [-0.3, -0.25) is 0 Å². The minimum Gasteiger partial charge on any atom is -0.357 e. The highest BCUT2D eigenvalue weighted by atomic mass is 35.5. The van der Waals surface area contributed by atoms with Gasteiger partial charge in [-0.25, -0.2) is 0 Å². The summed E-state index contributed by atoms with van der Waals surface area (Å²) in [4.78, 5) is 0. The molecule has 0 unspecified atom stereocenters. The predicted octanol–water partition coefficient (Wildman–Crippen LogP) is 2.75. The standard InChI is InChI=1S/C9H14ClN3S/c10-5-7-1-3-8(4-2-7)12-9-13-11-6-14-9/h6-8H,1-5H2,(H,12,13). The number of halogens is 1. The SMILES string of the molecule is ClCC1CCC(Nc2nncs2)CC1. The Kier molecular flexibility index (Phi) is 3.59. The monoisotopic (exact) mass is 231 g/mol. The molecule has 0 aliphatic heterocycles. The van der Waals surface area contributed by atoms with Crippen LogP contribution in [0.3, 0.4) is 0 Å². The number of hydrogen-bond donors (Lipinski definition) is 1. The molecule has 1 saturated carbocycles. The lowest BCUT2D eigenvalue weighted by atomic mass is 9.87. The Morgan fingerprint density at radius 1 is 1.43 bits per heavy atom. The molecular formula is C9H14ClN3S. The smallest absolute Gasteiger partial charge is 0.205 e. The van der Waals surface area contributed by atoms with Gasteiger partial charge in [-0.15, -0.1) is 21.8 Å². The second kappa shape index (κ2) is 4.94. The van der Waals surface area contributed by atoms with Gasteiger partial charge >= 0.3 is 0 Å². The van der Waals surface area contributed by atoms with Gasteiger partial charge < -0.3 is 5.32 Å². The number of anilines is 1. The summed E-state index contributed by atoms with van der Waals surface area (Å²) in [6.07, 6.45) is 4.88. The Hall–Kier alpha value is -0.350. The summed E-state index contributed by atoms with van der Waals surface area (Å²) < 4.78 is 0. The molecule has 0 aromatic carbocycles. The Bertz CT molecular complexity index is 257. The predicted molar refractivity (Wildman–Crippen MR) is 60.0 cm³/mol. The Labute approximate surface area is 92.9 Å². The molecule has 0 atom stereocenters. The lowest BCUT2D eigenvalue weighted by molar-refractivity contribution is 0.364. The van der Waals surface area contributed by atoms with Crippen molar-refractivity contribution in [3.05, 3.63) is 5.51 Å². The fraction of sp³-hybridized carbons (Fsp3) is 0.778. The molecule has 1 aliphatic rings. The third-order valence-corrected chi connectivity index (χ3v) is 3.81. The van der Waals surface area contributed by atoms with Gasteiger partial charge in [0.1, 0.15) is 5.51 Å². The van der Waals surface area contributed by atoms with E-state index in [1.165, 1.54) is 25.7 Å². The number of alkyl halides is 1. The molecule has 3 nitrogen and oxygen atoms in total. The molecule has 1 aliphatic carbocycles. The summed E-state index contributed by atoms with van der Waals surface area (Å²) >= 11 is 7.39. The summed E-state index contributed by atoms with van der Waals surface area (Å²) in [7, 11) is 0. The van der Waals surface area contributed by atoms with E-state index in [1.54, 1.807) is 16.8 Å². The summed E-state index contributed by atoms with van der Waals surface area (Å²) in [5.74, 6) is 1.54. The van der Waals surface area contributed by atoms with E-state index in [0.717, 1.165) is 16.9 Å². The molecule has 0 radical (unpaired) electrons. The largest absolute Gasteiger partial charge is 0.357 e. The van der Waals surface area contributed by atoms with Crippen LogP contribution < -0.4 is 5.32 Å². The normalized spacial score (nSPS) is 27.5. The molecule has 5 heteroatoms. The van der Waals surface area contributed by atoms with Gasteiger partial charge in [0.15, 0.2) is 0 Å². The first-order chi connectivity index (χ1) is 6.88. The molecule has 0 bridgehead atoms. The first kappa shape index (κ1) is 10.2. The second-order valence-electron chi connectivity index (χ2n) is 3.76. The zero-order valence-electron chi connectivity index (χ0n) is 7.95. The van der Waals surface area contributed by atoms with Crippen LogP contribution in [0, 0.1) is 5.92 Å². The van der Waals surface area contributed by atoms with Crippen molar-refractivity contribution in [1.29, 1.82) is 0 Å². The zero-order valence-corrected chi connectivity index (χ0v) is 9.52. The van der Waals surface area contributed by atoms with E-state index < -0.39 is 0 Å². The third kappa shape index (κ3) is 2.58. The van der Waals surface area contributed by atoms with Gasteiger partial charge in [0.2, 0.25) is 5.13 Å². The van der Waals surface area contributed by atoms with E-state index in [9.17, 15) is 0 Å². The molecule has 1 fully saturated rings. The van der Waals surface area contributed by atoms with E-state index in [2.05, 4.69) is 15.5 Å². The van der Waals surface area contributed by atoms with Crippen LogP contribution in [0.5, 0.6) is 0 Å². The number of nitrogens with zero attached hydrogens (tertiary/aromatic N) is 2. The third-order valence-electron chi connectivity index (χ3n) is 2.75. The highest BCUT2D eigenvalue weighted by Gasteiger charge is 2.20. The van der Waals surface area contributed by atoms with Crippen molar-refractivity contribution in [3.8, 4) is 0 Å². The van der Waals surface area contributed by atoms with Gasteiger partial charge in [-0.2, -0.15) is 0 Å². The Morgan fingerprint density at radius 3 is 2.79 bits per heavy atom. The molecule has 1 heterocycles. The highest BCUT2D eigenvalue weighted by molar-refractivity contribution is 7.13. The molecule has 0 spiro atoms. The molecule has 14 heavy (non-hydrogen) atoms. The second-order valence-corrected chi connectivity index (χ2v) is 4.90. The van der Waals surface area contributed by atoms with E-state index in [4.69, 9.17) is 11.6 Å². The first-order valence-electron chi connectivity index (χ1n) is 4.97. The molecule has 1 N–H and O–H groups in total. The van der Waals surface area contributed by atoms with Crippen LogP contribution in [0.15, 0.2) is 5.51 Å². The van der Waals surface area contributed by atoms with Crippen LogP contribution in [0.25, 0.3) is 0 Å². The van der Waals surface area contributed by atoms with Crippen LogP contribution in [0.1, 0.15) is 25.7 Å². The molecule has 0 amide bonds. The average Bonchev–Trinajstić information content (AvgIpc) is 2.72. The van der Waals surface area contributed by atoms with E-state index in [0.29, 0.717) is 6.04 Å². The van der Waals surface area contributed by atoms with Crippen LogP contribution in [0.2, 0.25) is 0 Å². The van der Waals surface area contributed by atoms with E-state index in [1.807, 2.05) is 0 Å². The van der Waals surface area contributed by atoms with Gasteiger partial charge in [0, 0.05) is 11.9 Å². The fourth-order valence-electron chi connectivity index (χ4n) is 1.87. The Morgan fingerprint density at radius 2 is 2.21 bits per heavy atom. The molecule has 1 aromatic heterocycles. The van der Waals surface area contributed by atoms with Gasteiger partial charge in [0.05, 0.1) is 0 Å². The first-order valence-corrected chi connectivity index (χ1v) is 6.38. The molecule has 0 saturated heterocycles.